The molecule has 128 valence electrons. The third kappa shape index (κ3) is 4.38. The minimum absolute atomic E-state index is 0.639. The number of benzene rings is 2. The Morgan fingerprint density at radius 3 is 1.92 bits per heavy atom. The molecule has 6 heteroatoms. The number of methoxy groups -OCH3 is 2. The minimum Gasteiger partial charge on any atom is -0.497 e. The van der Waals surface area contributed by atoms with Crippen LogP contribution in [0, 0.1) is 0 Å². The molecule has 0 aliphatic rings. The van der Waals surface area contributed by atoms with Gasteiger partial charge in [0.05, 0.1) is 14.2 Å². The highest BCUT2D eigenvalue weighted by atomic mass is 16.5. The van der Waals surface area contributed by atoms with Crippen LogP contribution in [-0.2, 0) is 6.54 Å². The van der Waals surface area contributed by atoms with Gasteiger partial charge in [-0.25, -0.2) is 9.97 Å². The smallest absolute Gasteiger partial charge is 0.173 e. The van der Waals surface area contributed by atoms with Crippen molar-refractivity contribution in [2.24, 2.45) is 0 Å². The Kier molecular flexibility index (Phi) is 5.31. The molecule has 0 aliphatic carbocycles. The van der Waals surface area contributed by atoms with Crippen LogP contribution in [0.15, 0.2) is 60.9 Å². The number of hydrogen-bond acceptors (Lipinski definition) is 6. The lowest BCUT2D eigenvalue weighted by Crippen LogP contribution is -2.06. The molecule has 0 amide bonds. The first-order valence-electron chi connectivity index (χ1n) is 7.87. The molecule has 2 N–H and O–H groups in total. The molecular weight excluding hydrogens is 316 g/mol. The topological polar surface area (TPSA) is 68.3 Å². The van der Waals surface area contributed by atoms with Gasteiger partial charge in [-0.15, -0.1) is 0 Å². The maximum absolute atomic E-state index is 5.17. The fraction of sp³-hybridized carbons (Fsp3) is 0.158. The summed E-state index contributed by atoms with van der Waals surface area (Å²) in [5, 5.41) is 6.57. The van der Waals surface area contributed by atoms with Crippen LogP contribution >= 0.6 is 0 Å². The van der Waals surface area contributed by atoms with Gasteiger partial charge in [-0.3, -0.25) is 0 Å². The molecule has 0 unspecified atom stereocenters. The van der Waals surface area contributed by atoms with Crippen LogP contribution in [0.25, 0.3) is 0 Å². The first kappa shape index (κ1) is 16.6. The van der Waals surface area contributed by atoms with Crippen LogP contribution in [-0.4, -0.2) is 24.2 Å². The molecule has 0 radical (unpaired) electrons. The van der Waals surface area contributed by atoms with Crippen molar-refractivity contribution in [1.29, 1.82) is 0 Å². The van der Waals surface area contributed by atoms with Crippen LogP contribution in [0.1, 0.15) is 5.56 Å². The number of nitrogens with zero attached hydrogens (tertiary/aromatic N) is 2. The third-order valence-electron chi connectivity index (χ3n) is 3.67. The van der Waals surface area contributed by atoms with Crippen LogP contribution in [0.3, 0.4) is 0 Å². The number of ether oxygens (including phenoxy) is 2. The zero-order chi connectivity index (χ0) is 17.5. The molecule has 3 aromatic rings. The Bertz CT molecular complexity index is 804. The highest BCUT2D eigenvalue weighted by Crippen LogP contribution is 2.23. The fourth-order valence-electron chi connectivity index (χ4n) is 2.30. The third-order valence-corrected chi connectivity index (χ3v) is 3.67. The Labute approximate surface area is 146 Å². The Morgan fingerprint density at radius 2 is 1.32 bits per heavy atom. The second-order valence-electron chi connectivity index (χ2n) is 5.31. The molecule has 1 heterocycles. The molecular formula is C19H20N4O2. The number of aromatic nitrogens is 2. The summed E-state index contributed by atoms with van der Waals surface area (Å²) in [5.41, 5.74) is 2.04. The zero-order valence-electron chi connectivity index (χ0n) is 14.2. The summed E-state index contributed by atoms with van der Waals surface area (Å²) in [5.74, 6) is 3.00. The lowest BCUT2D eigenvalue weighted by atomic mass is 10.2. The van der Waals surface area contributed by atoms with Crippen molar-refractivity contribution in [1.82, 2.24) is 9.97 Å². The van der Waals surface area contributed by atoms with E-state index in [-0.39, 0.29) is 0 Å². The van der Waals surface area contributed by atoms with Gasteiger partial charge < -0.3 is 20.1 Å². The van der Waals surface area contributed by atoms with E-state index in [0.29, 0.717) is 18.2 Å². The lowest BCUT2D eigenvalue weighted by molar-refractivity contribution is 0.414. The van der Waals surface area contributed by atoms with E-state index in [1.165, 1.54) is 0 Å². The maximum Gasteiger partial charge on any atom is 0.173 e. The van der Waals surface area contributed by atoms with Gasteiger partial charge in [-0.05, 0) is 42.0 Å². The number of nitrogens with one attached hydrogen (secondary N) is 2. The summed E-state index contributed by atoms with van der Waals surface area (Å²) in [6.07, 6.45) is 3.32. The predicted molar refractivity (Wildman–Crippen MR) is 98.6 cm³/mol. The van der Waals surface area contributed by atoms with Gasteiger partial charge in [0.1, 0.15) is 11.5 Å². The Morgan fingerprint density at radius 1 is 0.760 bits per heavy atom. The van der Waals surface area contributed by atoms with Crippen LogP contribution in [0.5, 0.6) is 11.5 Å². The van der Waals surface area contributed by atoms with Gasteiger partial charge in [-0.2, -0.15) is 0 Å². The standard InChI is InChI=1S/C19H20N4O2/c1-24-16-7-3-14(4-8-16)13-22-18-19(21-12-11-20-18)23-15-5-9-17(25-2)10-6-15/h3-12H,13H2,1-2H3,(H,20,22)(H,21,23). The Balaban J connectivity index is 1.69. The summed E-state index contributed by atoms with van der Waals surface area (Å²) in [6.45, 7) is 0.639. The minimum atomic E-state index is 0.639. The van der Waals surface area contributed by atoms with Crippen molar-refractivity contribution in [2.45, 2.75) is 6.54 Å². The molecule has 2 aromatic carbocycles. The van der Waals surface area contributed by atoms with Crippen molar-refractivity contribution in [3.63, 3.8) is 0 Å². The van der Waals surface area contributed by atoms with E-state index in [1.54, 1.807) is 26.6 Å². The van der Waals surface area contributed by atoms with Crippen molar-refractivity contribution in [3.8, 4) is 11.5 Å². The van der Waals surface area contributed by atoms with E-state index >= 15 is 0 Å². The quantitative estimate of drug-likeness (QED) is 0.683. The SMILES string of the molecule is COc1ccc(CNc2nccnc2Nc2ccc(OC)cc2)cc1. The highest BCUT2D eigenvalue weighted by molar-refractivity contribution is 5.67. The lowest BCUT2D eigenvalue weighted by Gasteiger charge is -2.12. The van der Waals surface area contributed by atoms with Crippen molar-refractivity contribution in [3.05, 3.63) is 66.5 Å². The molecule has 3 rings (SSSR count). The number of hydrogen-bond donors (Lipinski definition) is 2. The first-order chi connectivity index (χ1) is 12.3. The van der Waals surface area contributed by atoms with Crippen LogP contribution < -0.4 is 20.1 Å². The van der Waals surface area contributed by atoms with E-state index in [0.717, 1.165) is 22.7 Å². The van der Waals surface area contributed by atoms with Gasteiger partial charge in [0.25, 0.3) is 0 Å². The summed E-state index contributed by atoms with van der Waals surface area (Å²) in [6, 6.07) is 15.5. The number of rotatable bonds is 7. The molecule has 0 bridgehead atoms. The molecule has 25 heavy (non-hydrogen) atoms. The van der Waals surface area contributed by atoms with Gasteiger partial charge in [-0.1, -0.05) is 12.1 Å². The summed E-state index contributed by atoms with van der Waals surface area (Å²) in [7, 11) is 3.30. The second-order valence-corrected chi connectivity index (χ2v) is 5.31. The van der Waals surface area contributed by atoms with E-state index in [1.807, 2.05) is 48.5 Å². The molecule has 0 spiro atoms. The summed E-state index contributed by atoms with van der Waals surface area (Å²) in [4.78, 5) is 8.74. The van der Waals surface area contributed by atoms with Gasteiger partial charge in [0.2, 0.25) is 0 Å². The molecule has 0 aliphatic heterocycles. The molecule has 0 fully saturated rings. The van der Waals surface area contributed by atoms with Crippen molar-refractivity contribution < 1.29 is 9.47 Å². The van der Waals surface area contributed by atoms with Gasteiger partial charge in [0, 0.05) is 24.6 Å². The monoisotopic (exact) mass is 336 g/mol. The van der Waals surface area contributed by atoms with E-state index < -0.39 is 0 Å². The van der Waals surface area contributed by atoms with E-state index in [2.05, 4.69) is 20.6 Å². The number of anilines is 3. The summed E-state index contributed by atoms with van der Waals surface area (Å²) >= 11 is 0. The van der Waals surface area contributed by atoms with Crippen molar-refractivity contribution in [2.75, 3.05) is 24.9 Å². The van der Waals surface area contributed by atoms with E-state index in [4.69, 9.17) is 9.47 Å². The largest absolute Gasteiger partial charge is 0.497 e. The maximum atomic E-state index is 5.17. The van der Waals surface area contributed by atoms with Crippen LogP contribution in [0.2, 0.25) is 0 Å². The van der Waals surface area contributed by atoms with Crippen molar-refractivity contribution >= 4 is 17.3 Å². The van der Waals surface area contributed by atoms with E-state index in [9.17, 15) is 0 Å². The average Bonchev–Trinajstić information content (AvgIpc) is 2.68. The predicted octanol–water partition coefficient (Wildman–Crippen LogP) is 3.85. The Hall–Kier alpha value is -3.28. The van der Waals surface area contributed by atoms with Gasteiger partial charge >= 0.3 is 0 Å². The molecule has 0 saturated heterocycles. The fourth-order valence-corrected chi connectivity index (χ4v) is 2.30. The van der Waals surface area contributed by atoms with Gasteiger partial charge in [0.15, 0.2) is 11.6 Å². The second kappa shape index (κ2) is 8.01. The molecule has 6 nitrogen and oxygen atoms in total. The average molecular weight is 336 g/mol. The molecule has 0 saturated carbocycles. The van der Waals surface area contributed by atoms with Crippen LogP contribution in [0.4, 0.5) is 17.3 Å². The molecule has 0 atom stereocenters. The zero-order valence-corrected chi connectivity index (χ0v) is 14.2. The summed E-state index contributed by atoms with van der Waals surface area (Å²) < 4.78 is 10.3. The highest BCUT2D eigenvalue weighted by Gasteiger charge is 2.06. The molecule has 1 aromatic heterocycles. The first-order valence-corrected chi connectivity index (χ1v) is 7.87. The normalized spacial score (nSPS) is 10.2.